The van der Waals surface area contributed by atoms with E-state index in [0.29, 0.717) is 16.7 Å². The molecular formula is C15H17ClN2OS. The van der Waals surface area contributed by atoms with Gasteiger partial charge in [-0.1, -0.05) is 23.8 Å². The van der Waals surface area contributed by atoms with Gasteiger partial charge in [0.25, 0.3) is 0 Å². The fourth-order valence-electron chi connectivity index (χ4n) is 1.88. The molecule has 1 aliphatic carbocycles. The van der Waals surface area contributed by atoms with Crippen molar-refractivity contribution in [3.8, 4) is 0 Å². The maximum absolute atomic E-state index is 11.6. The van der Waals surface area contributed by atoms with E-state index in [2.05, 4.69) is 22.7 Å². The van der Waals surface area contributed by atoms with Crippen LogP contribution in [0.2, 0.25) is 5.02 Å². The molecule has 0 heterocycles. The zero-order valence-corrected chi connectivity index (χ0v) is 12.7. The van der Waals surface area contributed by atoms with Crippen molar-refractivity contribution in [1.29, 1.82) is 0 Å². The molecule has 0 aromatic heterocycles. The lowest BCUT2D eigenvalue weighted by atomic mass is 9.96. The van der Waals surface area contributed by atoms with Gasteiger partial charge in [-0.25, -0.2) is 5.43 Å². The molecule has 1 amide bonds. The zero-order valence-electron chi connectivity index (χ0n) is 11.1. The summed E-state index contributed by atoms with van der Waals surface area (Å²) in [5.74, 6) is 0.709. The van der Waals surface area contributed by atoms with Crippen molar-refractivity contribution < 1.29 is 4.79 Å². The number of hydrogen-bond donors (Lipinski definition) is 1. The molecule has 0 fully saturated rings. The molecule has 2 rings (SSSR count). The van der Waals surface area contributed by atoms with Gasteiger partial charge in [-0.2, -0.15) is 5.10 Å². The van der Waals surface area contributed by atoms with Gasteiger partial charge in [0.15, 0.2) is 0 Å². The van der Waals surface area contributed by atoms with E-state index in [0.717, 1.165) is 24.2 Å². The lowest BCUT2D eigenvalue weighted by Crippen LogP contribution is -2.20. The van der Waals surface area contributed by atoms with E-state index >= 15 is 0 Å². The monoisotopic (exact) mass is 308 g/mol. The molecule has 1 aliphatic rings. The van der Waals surface area contributed by atoms with E-state index < -0.39 is 0 Å². The van der Waals surface area contributed by atoms with Crippen molar-refractivity contribution in [3.05, 3.63) is 41.4 Å². The Kier molecular flexibility index (Phi) is 6.15. The van der Waals surface area contributed by atoms with E-state index in [1.54, 1.807) is 0 Å². The number of carbonyl (C=O) groups is 1. The van der Waals surface area contributed by atoms with Gasteiger partial charge < -0.3 is 0 Å². The molecular weight excluding hydrogens is 292 g/mol. The third kappa shape index (κ3) is 5.39. The summed E-state index contributed by atoms with van der Waals surface area (Å²) in [4.78, 5) is 12.7. The van der Waals surface area contributed by atoms with Crippen LogP contribution in [0.25, 0.3) is 0 Å². The normalized spacial score (nSPS) is 18.4. The van der Waals surface area contributed by atoms with Gasteiger partial charge in [0.2, 0.25) is 5.91 Å². The summed E-state index contributed by atoms with van der Waals surface area (Å²) in [5.41, 5.74) is 2.57. The number of amides is 1. The van der Waals surface area contributed by atoms with Crippen LogP contribution in [-0.4, -0.2) is 17.9 Å². The Morgan fingerprint density at radius 3 is 2.90 bits per heavy atom. The molecule has 0 saturated heterocycles. The van der Waals surface area contributed by atoms with Gasteiger partial charge in [-0.15, -0.1) is 11.8 Å². The lowest BCUT2D eigenvalue weighted by Gasteiger charge is -2.11. The quantitative estimate of drug-likeness (QED) is 0.388. The van der Waals surface area contributed by atoms with Crippen LogP contribution in [0.4, 0.5) is 0 Å². The summed E-state index contributed by atoms with van der Waals surface area (Å²) < 4.78 is 0. The van der Waals surface area contributed by atoms with E-state index in [9.17, 15) is 4.79 Å². The van der Waals surface area contributed by atoms with E-state index in [1.807, 2.05) is 30.5 Å². The highest BCUT2D eigenvalue weighted by Gasteiger charge is 2.07. The van der Waals surface area contributed by atoms with Crippen molar-refractivity contribution in [2.75, 3.05) is 5.75 Å². The summed E-state index contributed by atoms with van der Waals surface area (Å²) in [6, 6.07) is 7.43. The van der Waals surface area contributed by atoms with Crippen molar-refractivity contribution >= 4 is 35.5 Å². The molecule has 0 bridgehead atoms. The number of benzene rings is 1. The minimum atomic E-state index is -0.0902. The molecule has 106 valence electrons. The predicted octanol–water partition coefficient (Wildman–Crippen LogP) is 3.89. The van der Waals surface area contributed by atoms with Crippen LogP contribution in [-0.2, 0) is 4.79 Å². The first-order chi connectivity index (χ1) is 9.74. The van der Waals surface area contributed by atoms with E-state index in [-0.39, 0.29) is 5.91 Å². The van der Waals surface area contributed by atoms with Gasteiger partial charge in [-0.3, -0.25) is 4.79 Å². The minimum Gasteiger partial charge on any atom is -0.272 e. The molecule has 0 radical (unpaired) electrons. The number of carbonyl (C=O) groups excluding carboxylic acids is 1. The number of nitrogens with one attached hydrogen (secondary N) is 1. The van der Waals surface area contributed by atoms with Crippen LogP contribution >= 0.6 is 23.4 Å². The maximum Gasteiger partial charge on any atom is 0.250 e. The topological polar surface area (TPSA) is 41.5 Å². The van der Waals surface area contributed by atoms with Crippen LogP contribution in [0.3, 0.4) is 0 Å². The molecule has 0 unspecified atom stereocenters. The Morgan fingerprint density at radius 1 is 1.40 bits per heavy atom. The average Bonchev–Trinajstić information content (AvgIpc) is 2.48. The number of hydrogen-bond acceptors (Lipinski definition) is 3. The van der Waals surface area contributed by atoms with Crippen LogP contribution in [0.5, 0.6) is 0 Å². The molecule has 1 aromatic rings. The van der Waals surface area contributed by atoms with Gasteiger partial charge in [0.05, 0.1) is 5.75 Å². The Hall–Kier alpha value is -1.26. The second kappa shape index (κ2) is 8.12. The SMILES string of the molecule is O=C(CSc1ccc(Cl)cc1)N/N=C\[C@H]1CC=CCC1. The zero-order chi connectivity index (χ0) is 14.2. The molecule has 3 nitrogen and oxygen atoms in total. The van der Waals surface area contributed by atoms with Gasteiger partial charge in [0.1, 0.15) is 0 Å². The van der Waals surface area contributed by atoms with Crippen LogP contribution < -0.4 is 5.43 Å². The summed E-state index contributed by atoms with van der Waals surface area (Å²) in [7, 11) is 0. The molecule has 1 N–H and O–H groups in total. The molecule has 1 atom stereocenters. The smallest absolute Gasteiger partial charge is 0.250 e. The number of halogens is 1. The Labute approximate surface area is 128 Å². The lowest BCUT2D eigenvalue weighted by molar-refractivity contribution is -0.118. The van der Waals surface area contributed by atoms with E-state index in [4.69, 9.17) is 11.6 Å². The Morgan fingerprint density at radius 2 is 2.20 bits per heavy atom. The van der Waals surface area contributed by atoms with Crippen molar-refractivity contribution in [2.24, 2.45) is 11.0 Å². The highest BCUT2D eigenvalue weighted by atomic mass is 35.5. The third-order valence-corrected chi connectivity index (χ3v) is 4.23. The van der Waals surface area contributed by atoms with E-state index in [1.165, 1.54) is 11.8 Å². The first-order valence-corrected chi connectivity index (χ1v) is 7.96. The second-order valence-corrected chi connectivity index (χ2v) is 6.09. The van der Waals surface area contributed by atoms with Gasteiger partial charge in [0, 0.05) is 16.1 Å². The minimum absolute atomic E-state index is 0.0902. The average molecular weight is 309 g/mol. The number of nitrogens with zero attached hydrogens (tertiary/aromatic N) is 1. The number of hydrazone groups is 1. The van der Waals surface area contributed by atoms with Crippen LogP contribution in [0.1, 0.15) is 19.3 Å². The second-order valence-electron chi connectivity index (χ2n) is 4.60. The first-order valence-electron chi connectivity index (χ1n) is 6.59. The molecule has 0 saturated carbocycles. The summed E-state index contributed by atoms with van der Waals surface area (Å²) in [5, 5.41) is 4.73. The van der Waals surface area contributed by atoms with Crippen LogP contribution in [0.15, 0.2) is 46.4 Å². The largest absolute Gasteiger partial charge is 0.272 e. The number of thioether (sulfide) groups is 1. The standard InChI is InChI=1S/C15H17ClN2OS/c16-13-6-8-14(9-7-13)20-11-15(19)18-17-10-12-4-2-1-3-5-12/h1-2,6-10,12H,3-5,11H2,(H,18,19)/b17-10-/t12-/m0/s1. The van der Waals surface area contributed by atoms with Crippen LogP contribution in [0, 0.1) is 5.92 Å². The third-order valence-electron chi connectivity index (χ3n) is 2.97. The molecule has 0 aliphatic heterocycles. The Balaban J connectivity index is 1.68. The van der Waals surface area contributed by atoms with Crippen molar-refractivity contribution in [3.63, 3.8) is 0 Å². The molecule has 0 spiro atoms. The number of rotatable bonds is 5. The Bertz CT molecular complexity index is 499. The number of allylic oxidation sites excluding steroid dienone is 2. The summed E-state index contributed by atoms with van der Waals surface area (Å²) in [6.45, 7) is 0. The summed E-state index contributed by atoms with van der Waals surface area (Å²) >= 11 is 7.27. The maximum atomic E-state index is 11.6. The highest BCUT2D eigenvalue weighted by Crippen LogP contribution is 2.20. The van der Waals surface area contributed by atoms with Gasteiger partial charge >= 0.3 is 0 Å². The molecule has 1 aromatic carbocycles. The first kappa shape index (κ1) is 15.1. The fourth-order valence-corrected chi connectivity index (χ4v) is 2.70. The molecule has 20 heavy (non-hydrogen) atoms. The molecule has 5 heteroatoms. The van der Waals surface area contributed by atoms with Gasteiger partial charge in [-0.05, 0) is 49.4 Å². The van der Waals surface area contributed by atoms with Crippen molar-refractivity contribution in [1.82, 2.24) is 5.43 Å². The highest BCUT2D eigenvalue weighted by molar-refractivity contribution is 8.00. The fraction of sp³-hybridized carbons (Fsp3) is 0.333. The van der Waals surface area contributed by atoms with Crippen molar-refractivity contribution in [2.45, 2.75) is 24.2 Å². The summed E-state index contributed by atoms with van der Waals surface area (Å²) in [6.07, 6.45) is 9.41. The predicted molar refractivity (Wildman–Crippen MR) is 85.3 cm³/mol.